The Morgan fingerprint density at radius 1 is 1.18 bits per heavy atom. The van der Waals surface area contributed by atoms with Crippen LogP contribution in [0.15, 0.2) is 64.5 Å². The number of carbonyl (C=O) groups excluding carboxylic acids is 1. The van der Waals surface area contributed by atoms with E-state index in [1.165, 1.54) is 12.5 Å². The second-order valence-electron chi connectivity index (χ2n) is 6.74. The number of hydrogen-bond donors (Lipinski definition) is 1. The summed E-state index contributed by atoms with van der Waals surface area (Å²) in [5, 5.41) is 7.32. The Balaban J connectivity index is 1.56. The number of aryl methyl sites for hydroxylation is 2. The van der Waals surface area contributed by atoms with Gasteiger partial charge in [-0.15, -0.1) is 0 Å². The van der Waals surface area contributed by atoms with E-state index in [4.69, 9.17) is 4.42 Å². The summed E-state index contributed by atoms with van der Waals surface area (Å²) < 4.78 is 8.06. The summed E-state index contributed by atoms with van der Waals surface area (Å²) in [5.41, 5.74) is 4.84. The molecule has 3 aromatic heterocycles. The van der Waals surface area contributed by atoms with Gasteiger partial charge in [-0.2, -0.15) is 5.10 Å². The lowest BCUT2D eigenvalue weighted by Crippen LogP contribution is -2.30. The van der Waals surface area contributed by atoms with Crippen LogP contribution < -0.4 is 10.9 Å². The molecule has 142 valence electrons. The van der Waals surface area contributed by atoms with Crippen LogP contribution in [0.25, 0.3) is 16.8 Å². The third-order valence-corrected chi connectivity index (χ3v) is 4.69. The molecule has 0 saturated carbocycles. The Labute approximate surface area is 161 Å². The SMILES string of the molecule is Cc1ccc(C)c(-c2cc3c(=O)n(CCNC(=O)c4ccoc4)ccn3n2)c1. The molecule has 1 N–H and O–H groups in total. The van der Waals surface area contributed by atoms with Crippen molar-refractivity contribution in [2.45, 2.75) is 20.4 Å². The smallest absolute Gasteiger partial charge is 0.276 e. The normalized spacial score (nSPS) is 11.1. The summed E-state index contributed by atoms with van der Waals surface area (Å²) >= 11 is 0. The first-order chi connectivity index (χ1) is 13.5. The van der Waals surface area contributed by atoms with Crippen molar-refractivity contribution in [3.05, 3.63) is 82.3 Å². The van der Waals surface area contributed by atoms with Crippen LogP contribution in [0.1, 0.15) is 21.5 Å². The van der Waals surface area contributed by atoms with E-state index in [1.54, 1.807) is 27.5 Å². The Kier molecular flexibility index (Phi) is 4.57. The van der Waals surface area contributed by atoms with E-state index in [2.05, 4.69) is 28.6 Å². The van der Waals surface area contributed by atoms with Gasteiger partial charge in [0.05, 0.1) is 17.5 Å². The maximum atomic E-state index is 12.8. The first-order valence-electron chi connectivity index (χ1n) is 9.00. The van der Waals surface area contributed by atoms with E-state index in [9.17, 15) is 9.59 Å². The van der Waals surface area contributed by atoms with Crippen molar-refractivity contribution in [1.29, 1.82) is 0 Å². The van der Waals surface area contributed by atoms with Crippen molar-refractivity contribution in [2.24, 2.45) is 0 Å². The molecular weight excluding hydrogens is 356 g/mol. The first-order valence-corrected chi connectivity index (χ1v) is 9.00. The number of furan rings is 1. The molecule has 0 spiro atoms. The average Bonchev–Trinajstić information content (AvgIpc) is 3.35. The summed E-state index contributed by atoms with van der Waals surface area (Å²) in [6.07, 6.45) is 6.26. The predicted octanol–water partition coefficient (Wildman–Crippen LogP) is 2.80. The van der Waals surface area contributed by atoms with Crippen LogP contribution in [-0.4, -0.2) is 26.6 Å². The highest BCUT2D eigenvalue weighted by molar-refractivity contribution is 5.93. The summed E-state index contributed by atoms with van der Waals surface area (Å²) in [5.74, 6) is -0.232. The van der Waals surface area contributed by atoms with Gasteiger partial charge in [0.1, 0.15) is 11.8 Å². The topological polar surface area (TPSA) is 81.5 Å². The molecule has 0 aliphatic carbocycles. The molecule has 0 aliphatic rings. The lowest BCUT2D eigenvalue weighted by atomic mass is 10.0. The van der Waals surface area contributed by atoms with Crippen molar-refractivity contribution in [1.82, 2.24) is 19.5 Å². The fourth-order valence-electron chi connectivity index (χ4n) is 3.13. The van der Waals surface area contributed by atoms with E-state index in [-0.39, 0.29) is 11.5 Å². The van der Waals surface area contributed by atoms with Gasteiger partial charge in [-0.3, -0.25) is 9.59 Å². The largest absolute Gasteiger partial charge is 0.472 e. The van der Waals surface area contributed by atoms with Gasteiger partial charge in [0, 0.05) is 31.0 Å². The van der Waals surface area contributed by atoms with Gasteiger partial charge in [-0.25, -0.2) is 4.52 Å². The second kappa shape index (κ2) is 7.19. The monoisotopic (exact) mass is 376 g/mol. The van der Waals surface area contributed by atoms with Crippen LogP contribution in [0.5, 0.6) is 0 Å². The van der Waals surface area contributed by atoms with Crippen molar-refractivity contribution in [3.8, 4) is 11.3 Å². The zero-order chi connectivity index (χ0) is 19.7. The Bertz CT molecular complexity index is 1200. The molecule has 28 heavy (non-hydrogen) atoms. The Morgan fingerprint density at radius 2 is 2.04 bits per heavy atom. The lowest BCUT2D eigenvalue weighted by molar-refractivity contribution is 0.0951. The van der Waals surface area contributed by atoms with Crippen LogP contribution in [0.2, 0.25) is 0 Å². The van der Waals surface area contributed by atoms with Gasteiger partial charge in [-0.05, 0) is 37.6 Å². The summed E-state index contributed by atoms with van der Waals surface area (Å²) in [7, 11) is 0. The predicted molar refractivity (Wildman–Crippen MR) is 105 cm³/mol. The van der Waals surface area contributed by atoms with Gasteiger partial charge in [0.2, 0.25) is 0 Å². The Morgan fingerprint density at radius 3 is 2.82 bits per heavy atom. The van der Waals surface area contributed by atoms with Crippen molar-refractivity contribution < 1.29 is 9.21 Å². The maximum Gasteiger partial charge on any atom is 0.276 e. The molecule has 0 saturated heterocycles. The van der Waals surface area contributed by atoms with Gasteiger partial charge in [0.25, 0.3) is 11.5 Å². The van der Waals surface area contributed by atoms with Crippen molar-refractivity contribution in [2.75, 3.05) is 6.54 Å². The number of rotatable bonds is 5. The minimum absolute atomic E-state index is 0.149. The highest BCUT2D eigenvalue weighted by Crippen LogP contribution is 2.23. The number of nitrogens with one attached hydrogen (secondary N) is 1. The molecule has 3 heterocycles. The van der Waals surface area contributed by atoms with E-state index >= 15 is 0 Å². The molecule has 7 nitrogen and oxygen atoms in total. The number of aromatic nitrogens is 3. The number of amides is 1. The molecule has 1 aromatic carbocycles. The Hall–Kier alpha value is -3.61. The molecule has 0 aliphatic heterocycles. The van der Waals surface area contributed by atoms with Crippen LogP contribution in [0, 0.1) is 13.8 Å². The molecule has 4 rings (SSSR count). The van der Waals surface area contributed by atoms with Crippen LogP contribution in [-0.2, 0) is 6.54 Å². The minimum Gasteiger partial charge on any atom is -0.472 e. The molecule has 0 unspecified atom stereocenters. The van der Waals surface area contributed by atoms with Crippen LogP contribution in [0.3, 0.4) is 0 Å². The molecule has 0 radical (unpaired) electrons. The zero-order valence-electron chi connectivity index (χ0n) is 15.7. The molecule has 0 bridgehead atoms. The van der Waals surface area contributed by atoms with Gasteiger partial charge in [0.15, 0.2) is 0 Å². The van der Waals surface area contributed by atoms with E-state index in [1.807, 2.05) is 19.9 Å². The van der Waals surface area contributed by atoms with Gasteiger partial charge < -0.3 is 14.3 Å². The summed E-state index contributed by atoms with van der Waals surface area (Å²) in [4.78, 5) is 24.7. The second-order valence-corrected chi connectivity index (χ2v) is 6.74. The highest BCUT2D eigenvalue weighted by Gasteiger charge is 2.12. The van der Waals surface area contributed by atoms with Crippen LogP contribution >= 0.6 is 0 Å². The first kappa shape index (κ1) is 17.8. The van der Waals surface area contributed by atoms with Gasteiger partial charge in [-0.1, -0.05) is 17.7 Å². The molecule has 1 amide bonds. The van der Waals surface area contributed by atoms with Crippen molar-refractivity contribution in [3.63, 3.8) is 0 Å². The molecular formula is C21H20N4O3. The fraction of sp³-hybridized carbons (Fsp3) is 0.190. The standard InChI is InChI=1S/C21H20N4O3/c1-14-3-4-15(2)17(11-14)18-12-19-21(27)24(8-9-25(19)23-18)7-6-22-20(26)16-5-10-28-13-16/h3-5,8-13H,6-7H2,1-2H3,(H,22,26). The highest BCUT2D eigenvalue weighted by atomic mass is 16.3. The van der Waals surface area contributed by atoms with Gasteiger partial charge >= 0.3 is 0 Å². The average molecular weight is 376 g/mol. The quantitative estimate of drug-likeness (QED) is 0.581. The zero-order valence-corrected chi connectivity index (χ0v) is 15.7. The number of nitrogens with zero attached hydrogens (tertiary/aromatic N) is 3. The maximum absolute atomic E-state index is 12.8. The molecule has 4 aromatic rings. The molecule has 7 heteroatoms. The summed E-state index contributed by atoms with van der Waals surface area (Å²) in [6, 6.07) is 9.58. The number of carbonyl (C=O) groups is 1. The third kappa shape index (κ3) is 3.34. The van der Waals surface area contributed by atoms with Crippen LogP contribution in [0.4, 0.5) is 0 Å². The van der Waals surface area contributed by atoms with Crippen molar-refractivity contribution >= 4 is 11.4 Å². The minimum atomic E-state index is -0.232. The van der Waals surface area contributed by atoms with E-state index in [0.717, 1.165) is 22.4 Å². The molecule has 0 fully saturated rings. The number of fused-ring (bicyclic) bond motifs is 1. The molecule has 0 atom stereocenters. The number of hydrogen-bond acceptors (Lipinski definition) is 4. The summed E-state index contributed by atoms with van der Waals surface area (Å²) in [6.45, 7) is 4.75. The fourth-order valence-corrected chi connectivity index (χ4v) is 3.13. The number of benzene rings is 1. The lowest BCUT2D eigenvalue weighted by Gasteiger charge is -2.07. The van der Waals surface area contributed by atoms with E-state index in [0.29, 0.717) is 24.2 Å². The third-order valence-electron chi connectivity index (χ3n) is 4.69. The van der Waals surface area contributed by atoms with E-state index < -0.39 is 0 Å².